The van der Waals surface area contributed by atoms with E-state index in [1.165, 1.54) is 0 Å². The number of nitrogens with one attached hydrogen (secondary N) is 1. The predicted molar refractivity (Wildman–Crippen MR) is 109 cm³/mol. The lowest BCUT2D eigenvalue weighted by Crippen LogP contribution is -2.35. The fourth-order valence-corrected chi connectivity index (χ4v) is 5.13. The molecule has 1 aromatic heterocycles. The second kappa shape index (κ2) is 6.87. The SMILES string of the molecule is COc1ccccc1C1SC(C)=Nc2c1c(=O)[nH]n2C1CCOC(C)(C)C1. The van der Waals surface area contributed by atoms with Crippen LogP contribution in [-0.2, 0) is 4.74 Å². The van der Waals surface area contributed by atoms with Crippen LogP contribution in [0, 0.1) is 0 Å². The van der Waals surface area contributed by atoms with Crippen LogP contribution in [0.5, 0.6) is 5.75 Å². The van der Waals surface area contributed by atoms with E-state index in [2.05, 4.69) is 18.9 Å². The summed E-state index contributed by atoms with van der Waals surface area (Å²) < 4.78 is 13.4. The molecular formula is C20H25N3O3S. The first-order valence-corrected chi connectivity index (χ1v) is 10.1. The molecule has 2 aromatic rings. The highest BCUT2D eigenvalue weighted by Crippen LogP contribution is 2.47. The van der Waals surface area contributed by atoms with E-state index in [-0.39, 0.29) is 22.5 Å². The Morgan fingerprint density at radius 1 is 1.37 bits per heavy atom. The van der Waals surface area contributed by atoms with Crippen molar-refractivity contribution in [1.29, 1.82) is 0 Å². The maximum Gasteiger partial charge on any atom is 0.271 e. The van der Waals surface area contributed by atoms with Crippen molar-refractivity contribution in [2.75, 3.05) is 13.7 Å². The Labute approximate surface area is 163 Å². The van der Waals surface area contributed by atoms with Gasteiger partial charge in [0.05, 0.1) is 34.6 Å². The second-order valence-electron chi connectivity index (χ2n) is 7.67. The molecule has 7 heteroatoms. The molecule has 2 aliphatic heterocycles. The molecule has 0 saturated carbocycles. The van der Waals surface area contributed by atoms with E-state index in [1.54, 1.807) is 18.9 Å². The third kappa shape index (κ3) is 3.34. The molecule has 144 valence electrons. The molecular weight excluding hydrogens is 362 g/mol. The minimum Gasteiger partial charge on any atom is -0.496 e. The number of ether oxygens (including phenoxy) is 2. The van der Waals surface area contributed by atoms with Crippen molar-refractivity contribution in [2.45, 2.75) is 50.5 Å². The molecule has 4 rings (SSSR count). The Morgan fingerprint density at radius 2 is 2.15 bits per heavy atom. The molecule has 6 nitrogen and oxygen atoms in total. The van der Waals surface area contributed by atoms with Crippen molar-refractivity contribution in [1.82, 2.24) is 9.78 Å². The summed E-state index contributed by atoms with van der Waals surface area (Å²) in [6.45, 7) is 6.86. The lowest BCUT2D eigenvalue weighted by Gasteiger charge is -2.36. The van der Waals surface area contributed by atoms with Gasteiger partial charge in [-0.3, -0.25) is 14.6 Å². The number of nitrogens with zero attached hydrogens (tertiary/aromatic N) is 2. The van der Waals surface area contributed by atoms with Gasteiger partial charge >= 0.3 is 0 Å². The second-order valence-corrected chi connectivity index (χ2v) is 8.97. The number of H-pyrrole nitrogens is 1. The lowest BCUT2D eigenvalue weighted by atomic mass is 9.94. The highest BCUT2D eigenvalue weighted by molar-refractivity contribution is 8.14. The monoisotopic (exact) mass is 387 g/mol. The summed E-state index contributed by atoms with van der Waals surface area (Å²) >= 11 is 1.60. The van der Waals surface area contributed by atoms with Gasteiger partial charge in [0, 0.05) is 12.2 Å². The maximum absolute atomic E-state index is 12.9. The van der Waals surface area contributed by atoms with Crippen LogP contribution in [-0.4, -0.2) is 34.1 Å². The highest BCUT2D eigenvalue weighted by Gasteiger charge is 2.36. The van der Waals surface area contributed by atoms with Crippen molar-refractivity contribution in [3.8, 4) is 5.75 Å². The molecule has 1 saturated heterocycles. The largest absolute Gasteiger partial charge is 0.496 e. The molecule has 0 radical (unpaired) electrons. The zero-order chi connectivity index (χ0) is 19.2. The number of aromatic nitrogens is 2. The number of hydrogen-bond acceptors (Lipinski definition) is 5. The average molecular weight is 388 g/mol. The van der Waals surface area contributed by atoms with Crippen LogP contribution in [0.4, 0.5) is 5.82 Å². The molecule has 2 atom stereocenters. The van der Waals surface area contributed by atoms with E-state index >= 15 is 0 Å². The van der Waals surface area contributed by atoms with Gasteiger partial charge in [-0.15, -0.1) is 0 Å². The van der Waals surface area contributed by atoms with Crippen LogP contribution in [0.3, 0.4) is 0 Å². The minimum absolute atomic E-state index is 0.0750. The summed E-state index contributed by atoms with van der Waals surface area (Å²) in [7, 11) is 1.66. The van der Waals surface area contributed by atoms with Crippen LogP contribution < -0.4 is 10.3 Å². The number of rotatable bonds is 3. The number of aliphatic imine (C=N–C) groups is 1. The third-order valence-corrected chi connectivity index (χ3v) is 6.37. The first-order chi connectivity index (χ1) is 12.9. The highest BCUT2D eigenvalue weighted by atomic mass is 32.2. The third-order valence-electron chi connectivity index (χ3n) is 5.21. The summed E-state index contributed by atoms with van der Waals surface area (Å²) in [5, 5.41) is 3.87. The zero-order valence-corrected chi connectivity index (χ0v) is 16.9. The van der Waals surface area contributed by atoms with Gasteiger partial charge < -0.3 is 9.47 Å². The molecule has 1 N–H and O–H groups in total. The number of benzene rings is 1. The van der Waals surface area contributed by atoms with Crippen molar-refractivity contribution >= 4 is 22.6 Å². The number of aromatic amines is 1. The zero-order valence-electron chi connectivity index (χ0n) is 16.1. The fraction of sp³-hybridized carbons (Fsp3) is 0.500. The van der Waals surface area contributed by atoms with E-state index in [4.69, 9.17) is 14.5 Å². The van der Waals surface area contributed by atoms with Gasteiger partial charge in [0.25, 0.3) is 5.56 Å². The number of thioether (sulfide) groups is 1. The summed E-state index contributed by atoms with van der Waals surface area (Å²) in [6, 6.07) is 8.04. The normalized spacial score (nSPS) is 24.2. The molecule has 1 fully saturated rings. The minimum atomic E-state index is -0.207. The predicted octanol–water partition coefficient (Wildman–Crippen LogP) is 4.20. The van der Waals surface area contributed by atoms with Gasteiger partial charge in [-0.1, -0.05) is 30.0 Å². The number of fused-ring (bicyclic) bond motifs is 1. The van der Waals surface area contributed by atoms with Crippen LogP contribution in [0.15, 0.2) is 34.1 Å². The average Bonchev–Trinajstić information content (AvgIpc) is 2.96. The quantitative estimate of drug-likeness (QED) is 0.857. The first-order valence-electron chi connectivity index (χ1n) is 9.23. The Morgan fingerprint density at radius 3 is 2.89 bits per heavy atom. The molecule has 1 aromatic carbocycles. The Bertz CT molecular complexity index is 944. The Kier molecular flexibility index (Phi) is 4.68. The van der Waals surface area contributed by atoms with Gasteiger partial charge in [-0.05, 0) is 39.7 Å². The van der Waals surface area contributed by atoms with Crippen LogP contribution in [0.2, 0.25) is 0 Å². The van der Waals surface area contributed by atoms with E-state index in [0.29, 0.717) is 12.2 Å². The molecule has 0 spiro atoms. The number of methoxy groups -OCH3 is 1. The standard InChI is InChI=1S/C20H25N3O3S/c1-12-21-18-16(17(27-12)14-7-5-6-8-15(14)25-4)19(24)22-23(18)13-9-10-26-20(2,3)11-13/h5-8,13,17H,9-11H2,1-4H3,(H,22,24). The number of hydrogen-bond donors (Lipinski definition) is 1. The van der Waals surface area contributed by atoms with Crippen molar-refractivity contribution in [3.63, 3.8) is 0 Å². The van der Waals surface area contributed by atoms with E-state index in [0.717, 1.165) is 35.0 Å². The van der Waals surface area contributed by atoms with Gasteiger partial charge in [0.1, 0.15) is 5.75 Å². The first kappa shape index (κ1) is 18.4. The summed E-state index contributed by atoms with van der Waals surface area (Å²) in [4.78, 5) is 17.7. The van der Waals surface area contributed by atoms with Crippen molar-refractivity contribution < 1.29 is 9.47 Å². The molecule has 0 bridgehead atoms. The van der Waals surface area contributed by atoms with Crippen LogP contribution >= 0.6 is 11.8 Å². The number of para-hydroxylation sites is 1. The van der Waals surface area contributed by atoms with E-state index in [9.17, 15) is 4.79 Å². The molecule has 2 unspecified atom stereocenters. The van der Waals surface area contributed by atoms with Gasteiger partial charge in [-0.25, -0.2) is 4.99 Å². The van der Waals surface area contributed by atoms with Gasteiger partial charge in [-0.2, -0.15) is 0 Å². The van der Waals surface area contributed by atoms with Crippen LogP contribution in [0.1, 0.15) is 56.0 Å². The molecule has 2 aliphatic rings. The summed E-state index contributed by atoms with van der Waals surface area (Å²) in [5.74, 6) is 1.53. The van der Waals surface area contributed by atoms with E-state index < -0.39 is 0 Å². The maximum atomic E-state index is 12.9. The summed E-state index contributed by atoms with van der Waals surface area (Å²) in [6.07, 6.45) is 1.70. The topological polar surface area (TPSA) is 68.6 Å². The fourth-order valence-electron chi connectivity index (χ4n) is 4.00. The smallest absolute Gasteiger partial charge is 0.271 e. The van der Waals surface area contributed by atoms with Crippen LogP contribution in [0.25, 0.3) is 0 Å². The Hall–Kier alpha value is -1.99. The molecule has 27 heavy (non-hydrogen) atoms. The molecule has 0 amide bonds. The van der Waals surface area contributed by atoms with Crippen molar-refractivity contribution in [3.05, 3.63) is 45.7 Å². The lowest BCUT2D eigenvalue weighted by molar-refractivity contribution is -0.0705. The Balaban J connectivity index is 1.82. The van der Waals surface area contributed by atoms with Crippen molar-refractivity contribution in [2.24, 2.45) is 4.99 Å². The molecule has 0 aliphatic carbocycles. The van der Waals surface area contributed by atoms with Gasteiger partial charge in [0.2, 0.25) is 0 Å². The molecule has 3 heterocycles. The van der Waals surface area contributed by atoms with Gasteiger partial charge in [0.15, 0.2) is 5.82 Å². The summed E-state index contributed by atoms with van der Waals surface area (Å²) in [5.41, 5.74) is 1.42. The van der Waals surface area contributed by atoms with E-state index in [1.807, 2.05) is 35.9 Å².